The summed E-state index contributed by atoms with van der Waals surface area (Å²) in [6.07, 6.45) is 7.61. The van der Waals surface area contributed by atoms with Gasteiger partial charge in [-0.15, -0.1) is 0 Å². The summed E-state index contributed by atoms with van der Waals surface area (Å²) in [5.41, 5.74) is 6.85. The fourth-order valence-electron chi connectivity index (χ4n) is 2.83. The highest BCUT2D eigenvalue weighted by atomic mass is 16.5. The van der Waals surface area contributed by atoms with Crippen molar-refractivity contribution in [3.05, 3.63) is 30.4 Å². The van der Waals surface area contributed by atoms with E-state index in [0.717, 1.165) is 24.8 Å². The quantitative estimate of drug-likeness (QED) is 0.895. The average Bonchev–Trinajstić information content (AvgIpc) is 2.90. The third kappa shape index (κ3) is 2.38. The zero-order valence-electron chi connectivity index (χ0n) is 11.0. The molecule has 2 unspecified atom stereocenters. The number of hydrogen-bond donors (Lipinski definition) is 1. The minimum absolute atomic E-state index is 0.443. The zero-order valence-corrected chi connectivity index (χ0v) is 11.0. The van der Waals surface area contributed by atoms with Crippen molar-refractivity contribution in [2.75, 3.05) is 0 Å². The molecule has 0 bridgehead atoms. The number of nitrogens with zero attached hydrogens (tertiary/aromatic N) is 3. The summed E-state index contributed by atoms with van der Waals surface area (Å²) in [7, 11) is 0. The second-order valence-corrected chi connectivity index (χ2v) is 5.52. The lowest BCUT2D eigenvalue weighted by Gasteiger charge is -2.33. The van der Waals surface area contributed by atoms with E-state index < -0.39 is 5.54 Å². The first-order chi connectivity index (χ1) is 9.17. The lowest BCUT2D eigenvalue weighted by Crippen LogP contribution is -2.42. The molecule has 1 saturated carbocycles. The SMILES string of the molecule is CC1CCCC(N)(c2noc(-c3cccnc3)n2)C1. The molecule has 0 spiro atoms. The first-order valence-corrected chi connectivity index (χ1v) is 6.71. The van der Waals surface area contributed by atoms with Gasteiger partial charge in [0.15, 0.2) is 5.82 Å². The molecule has 5 nitrogen and oxygen atoms in total. The van der Waals surface area contributed by atoms with Crippen molar-refractivity contribution in [2.24, 2.45) is 11.7 Å². The van der Waals surface area contributed by atoms with E-state index in [4.69, 9.17) is 10.3 Å². The van der Waals surface area contributed by atoms with E-state index in [9.17, 15) is 0 Å². The van der Waals surface area contributed by atoms with Crippen molar-refractivity contribution in [2.45, 2.75) is 38.1 Å². The summed E-state index contributed by atoms with van der Waals surface area (Å²) < 4.78 is 5.32. The van der Waals surface area contributed by atoms with E-state index in [2.05, 4.69) is 22.0 Å². The smallest absolute Gasteiger partial charge is 0.259 e. The van der Waals surface area contributed by atoms with Crippen LogP contribution < -0.4 is 5.73 Å². The first kappa shape index (κ1) is 12.3. The molecule has 0 amide bonds. The van der Waals surface area contributed by atoms with Crippen LogP contribution in [0.2, 0.25) is 0 Å². The molecule has 3 rings (SSSR count). The van der Waals surface area contributed by atoms with Crippen LogP contribution in [0.4, 0.5) is 0 Å². The van der Waals surface area contributed by atoms with Crippen LogP contribution in [-0.4, -0.2) is 15.1 Å². The minimum atomic E-state index is -0.443. The van der Waals surface area contributed by atoms with E-state index in [-0.39, 0.29) is 0 Å². The van der Waals surface area contributed by atoms with E-state index in [1.807, 2.05) is 12.1 Å². The third-order valence-electron chi connectivity index (χ3n) is 3.81. The van der Waals surface area contributed by atoms with Gasteiger partial charge >= 0.3 is 0 Å². The maximum Gasteiger partial charge on any atom is 0.259 e. The van der Waals surface area contributed by atoms with Crippen molar-refractivity contribution < 1.29 is 4.52 Å². The predicted octanol–water partition coefficient (Wildman–Crippen LogP) is 2.50. The van der Waals surface area contributed by atoms with Crippen LogP contribution in [0, 0.1) is 5.92 Å². The molecule has 19 heavy (non-hydrogen) atoms. The van der Waals surface area contributed by atoms with Gasteiger partial charge in [0, 0.05) is 12.4 Å². The molecule has 0 saturated heterocycles. The van der Waals surface area contributed by atoms with Crippen LogP contribution in [0.1, 0.15) is 38.4 Å². The topological polar surface area (TPSA) is 77.8 Å². The van der Waals surface area contributed by atoms with Gasteiger partial charge in [0.1, 0.15) is 0 Å². The highest BCUT2D eigenvalue weighted by molar-refractivity contribution is 5.50. The Bertz CT molecular complexity index is 554. The molecule has 1 aliphatic carbocycles. The van der Waals surface area contributed by atoms with Gasteiger partial charge in [-0.3, -0.25) is 4.98 Å². The standard InChI is InChI=1S/C14H18N4O/c1-10-4-2-6-14(15,8-10)13-17-12(19-18-13)11-5-3-7-16-9-11/h3,5,7,9-10H,2,4,6,8,15H2,1H3. The highest BCUT2D eigenvalue weighted by Gasteiger charge is 2.37. The van der Waals surface area contributed by atoms with Crippen LogP contribution in [0.15, 0.2) is 29.0 Å². The van der Waals surface area contributed by atoms with Crippen LogP contribution in [0.5, 0.6) is 0 Å². The Morgan fingerprint density at radius 3 is 3.11 bits per heavy atom. The minimum Gasteiger partial charge on any atom is -0.334 e. The van der Waals surface area contributed by atoms with E-state index >= 15 is 0 Å². The normalized spacial score (nSPS) is 27.4. The third-order valence-corrected chi connectivity index (χ3v) is 3.81. The molecule has 0 aliphatic heterocycles. The summed E-state index contributed by atoms with van der Waals surface area (Å²) in [6.45, 7) is 2.23. The summed E-state index contributed by atoms with van der Waals surface area (Å²) in [5, 5.41) is 4.08. The lowest BCUT2D eigenvalue weighted by molar-refractivity contribution is 0.222. The van der Waals surface area contributed by atoms with Gasteiger partial charge in [0.05, 0.1) is 11.1 Å². The molecule has 2 atom stereocenters. The Hall–Kier alpha value is -1.75. The fraction of sp³-hybridized carbons (Fsp3) is 0.500. The van der Waals surface area contributed by atoms with Gasteiger partial charge in [-0.1, -0.05) is 24.9 Å². The molecule has 2 N–H and O–H groups in total. The Labute approximate surface area is 112 Å². The first-order valence-electron chi connectivity index (χ1n) is 6.71. The van der Waals surface area contributed by atoms with Crippen molar-refractivity contribution in [3.8, 4) is 11.5 Å². The van der Waals surface area contributed by atoms with Crippen molar-refractivity contribution >= 4 is 0 Å². The van der Waals surface area contributed by atoms with E-state index in [0.29, 0.717) is 17.6 Å². The number of rotatable bonds is 2. The second kappa shape index (κ2) is 4.74. The van der Waals surface area contributed by atoms with E-state index in [1.165, 1.54) is 6.42 Å². The van der Waals surface area contributed by atoms with Gasteiger partial charge in [-0.25, -0.2) is 0 Å². The maximum absolute atomic E-state index is 6.46. The van der Waals surface area contributed by atoms with Gasteiger partial charge in [0.25, 0.3) is 5.89 Å². The Morgan fingerprint density at radius 2 is 2.37 bits per heavy atom. The molecule has 2 aromatic heterocycles. The van der Waals surface area contributed by atoms with Crippen molar-refractivity contribution in [3.63, 3.8) is 0 Å². The van der Waals surface area contributed by atoms with Gasteiger partial charge in [-0.2, -0.15) is 4.98 Å². The number of pyridine rings is 1. The Kier molecular flexibility index (Phi) is 3.06. The molecule has 0 radical (unpaired) electrons. The molecule has 2 heterocycles. The highest BCUT2D eigenvalue weighted by Crippen LogP contribution is 2.36. The molecule has 1 aliphatic rings. The summed E-state index contributed by atoms with van der Waals surface area (Å²) >= 11 is 0. The van der Waals surface area contributed by atoms with E-state index in [1.54, 1.807) is 12.4 Å². The van der Waals surface area contributed by atoms with Gasteiger partial charge < -0.3 is 10.3 Å². The van der Waals surface area contributed by atoms with Crippen LogP contribution in [-0.2, 0) is 5.54 Å². The zero-order chi connectivity index (χ0) is 13.3. The van der Waals surface area contributed by atoms with Crippen molar-refractivity contribution in [1.82, 2.24) is 15.1 Å². The monoisotopic (exact) mass is 258 g/mol. The van der Waals surface area contributed by atoms with Gasteiger partial charge in [0.2, 0.25) is 0 Å². The maximum atomic E-state index is 6.46. The number of aromatic nitrogens is 3. The summed E-state index contributed by atoms with van der Waals surface area (Å²) in [4.78, 5) is 8.52. The second-order valence-electron chi connectivity index (χ2n) is 5.52. The predicted molar refractivity (Wildman–Crippen MR) is 71.0 cm³/mol. The summed E-state index contributed by atoms with van der Waals surface area (Å²) in [5.74, 6) is 1.73. The molecular weight excluding hydrogens is 240 g/mol. The van der Waals surface area contributed by atoms with Crippen molar-refractivity contribution in [1.29, 1.82) is 0 Å². The Balaban J connectivity index is 1.89. The lowest BCUT2D eigenvalue weighted by atomic mass is 9.76. The molecule has 100 valence electrons. The largest absolute Gasteiger partial charge is 0.334 e. The molecular formula is C14H18N4O. The average molecular weight is 258 g/mol. The summed E-state index contributed by atoms with van der Waals surface area (Å²) in [6, 6.07) is 3.75. The van der Waals surface area contributed by atoms with Gasteiger partial charge in [-0.05, 0) is 30.9 Å². The number of nitrogens with two attached hydrogens (primary N) is 1. The molecule has 0 aromatic carbocycles. The van der Waals surface area contributed by atoms with Crippen LogP contribution in [0.25, 0.3) is 11.5 Å². The molecule has 1 fully saturated rings. The van der Waals surface area contributed by atoms with Crippen LogP contribution >= 0.6 is 0 Å². The number of hydrogen-bond acceptors (Lipinski definition) is 5. The fourth-order valence-corrected chi connectivity index (χ4v) is 2.83. The van der Waals surface area contributed by atoms with Crippen LogP contribution in [0.3, 0.4) is 0 Å². The Morgan fingerprint density at radius 1 is 1.47 bits per heavy atom. The molecule has 2 aromatic rings. The molecule has 5 heteroatoms.